The number of anilines is 1. The lowest BCUT2D eigenvalue weighted by atomic mass is 10.3. The zero-order valence-corrected chi connectivity index (χ0v) is 14.0. The quantitative estimate of drug-likeness (QED) is 0.376. The Kier molecular flexibility index (Phi) is 7.51. The number of hydrogen-bond donors (Lipinski definition) is 3. The zero-order chi connectivity index (χ0) is 16.4. The third kappa shape index (κ3) is 7.72. The molecule has 0 aliphatic heterocycles. The van der Waals surface area contributed by atoms with Crippen LogP contribution in [0, 0.1) is 0 Å². The van der Waals surface area contributed by atoms with Gasteiger partial charge in [0.1, 0.15) is 12.4 Å². The molecule has 0 unspecified atom stereocenters. The van der Waals surface area contributed by atoms with Crippen LogP contribution in [-0.2, 0) is 10.0 Å². The zero-order valence-electron chi connectivity index (χ0n) is 13.2. The number of aliphatic imine (C=N–C) groups is 1. The van der Waals surface area contributed by atoms with E-state index in [2.05, 4.69) is 20.3 Å². The van der Waals surface area contributed by atoms with E-state index in [-0.39, 0.29) is 0 Å². The molecule has 1 aromatic carbocycles. The number of ether oxygens (including phenoxy) is 1. The highest BCUT2D eigenvalue weighted by molar-refractivity contribution is 7.92. The Hall–Kier alpha value is -1.96. The standard InChI is InChI=1S/C14H24N4O3S/c1-4-15-14(16-5-2)17-9-10-21-13-8-6-7-12(11-13)18-22(3,19)20/h6-8,11,18H,4-5,9-10H2,1-3H3,(H2,15,16,17). The Morgan fingerprint density at radius 3 is 2.50 bits per heavy atom. The third-order valence-corrected chi connectivity index (χ3v) is 3.06. The van der Waals surface area contributed by atoms with Gasteiger partial charge in [-0.2, -0.15) is 0 Å². The first-order valence-electron chi connectivity index (χ1n) is 7.17. The summed E-state index contributed by atoms with van der Waals surface area (Å²) >= 11 is 0. The molecule has 8 heteroatoms. The largest absolute Gasteiger partial charge is 0.492 e. The lowest BCUT2D eigenvalue weighted by Gasteiger charge is -2.10. The van der Waals surface area contributed by atoms with Crippen molar-refractivity contribution in [2.45, 2.75) is 13.8 Å². The van der Waals surface area contributed by atoms with Gasteiger partial charge in [-0.25, -0.2) is 13.4 Å². The van der Waals surface area contributed by atoms with E-state index in [4.69, 9.17) is 4.74 Å². The molecule has 0 bridgehead atoms. The lowest BCUT2D eigenvalue weighted by Crippen LogP contribution is -2.37. The first kappa shape index (κ1) is 18.1. The van der Waals surface area contributed by atoms with Gasteiger partial charge in [0.2, 0.25) is 10.0 Å². The van der Waals surface area contributed by atoms with Crippen LogP contribution in [0.2, 0.25) is 0 Å². The smallest absolute Gasteiger partial charge is 0.229 e. The molecular weight excluding hydrogens is 304 g/mol. The fourth-order valence-electron chi connectivity index (χ4n) is 1.69. The summed E-state index contributed by atoms with van der Waals surface area (Å²) < 4.78 is 30.4. The summed E-state index contributed by atoms with van der Waals surface area (Å²) in [6, 6.07) is 6.81. The molecule has 0 spiro atoms. The van der Waals surface area contributed by atoms with Crippen LogP contribution in [0.1, 0.15) is 13.8 Å². The minimum absolute atomic E-state index is 0.405. The van der Waals surface area contributed by atoms with E-state index >= 15 is 0 Å². The van der Waals surface area contributed by atoms with Crippen LogP contribution in [0.5, 0.6) is 5.75 Å². The van der Waals surface area contributed by atoms with Crippen LogP contribution in [0.15, 0.2) is 29.3 Å². The molecule has 0 saturated carbocycles. The molecule has 1 rings (SSSR count). The predicted molar refractivity (Wildman–Crippen MR) is 90.1 cm³/mol. The van der Waals surface area contributed by atoms with Gasteiger partial charge in [0, 0.05) is 19.2 Å². The summed E-state index contributed by atoms with van der Waals surface area (Å²) in [6.45, 7) is 6.51. The van der Waals surface area contributed by atoms with E-state index in [1.54, 1.807) is 24.3 Å². The molecule has 1 aromatic rings. The molecule has 3 N–H and O–H groups in total. The second kappa shape index (κ2) is 9.14. The molecule has 0 fully saturated rings. The highest BCUT2D eigenvalue weighted by Crippen LogP contribution is 2.17. The molecule has 22 heavy (non-hydrogen) atoms. The Balaban J connectivity index is 2.51. The highest BCUT2D eigenvalue weighted by Gasteiger charge is 2.03. The van der Waals surface area contributed by atoms with Crippen LogP contribution in [-0.4, -0.2) is 46.9 Å². The van der Waals surface area contributed by atoms with Crippen molar-refractivity contribution in [1.29, 1.82) is 0 Å². The van der Waals surface area contributed by atoms with Crippen LogP contribution < -0.4 is 20.1 Å². The summed E-state index contributed by atoms with van der Waals surface area (Å²) in [7, 11) is -3.29. The normalized spacial score (nSPS) is 10.7. The summed E-state index contributed by atoms with van der Waals surface area (Å²) in [4.78, 5) is 4.36. The number of hydrogen-bond acceptors (Lipinski definition) is 4. The third-order valence-electron chi connectivity index (χ3n) is 2.46. The minimum Gasteiger partial charge on any atom is -0.492 e. The number of guanidine groups is 1. The van der Waals surface area contributed by atoms with Crippen molar-refractivity contribution in [3.8, 4) is 5.75 Å². The molecule has 0 aromatic heterocycles. The Labute approximate surface area is 132 Å². The Morgan fingerprint density at radius 2 is 1.91 bits per heavy atom. The van der Waals surface area contributed by atoms with Gasteiger partial charge in [-0.15, -0.1) is 0 Å². The van der Waals surface area contributed by atoms with Crippen molar-refractivity contribution in [3.63, 3.8) is 0 Å². The van der Waals surface area contributed by atoms with E-state index in [0.29, 0.717) is 24.6 Å². The van der Waals surface area contributed by atoms with Crippen molar-refractivity contribution in [1.82, 2.24) is 10.6 Å². The molecule has 124 valence electrons. The van der Waals surface area contributed by atoms with E-state index in [0.717, 1.165) is 25.3 Å². The van der Waals surface area contributed by atoms with Gasteiger partial charge in [-0.1, -0.05) is 6.07 Å². The summed E-state index contributed by atoms with van der Waals surface area (Å²) in [5.74, 6) is 1.35. The van der Waals surface area contributed by atoms with E-state index in [1.807, 2.05) is 13.8 Å². The molecule has 0 saturated heterocycles. The molecule has 0 aliphatic carbocycles. The molecular formula is C14H24N4O3S. The maximum absolute atomic E-state index is 11.2. The topological polar surface area (TPSA) is 91.8 Å². The lowest BCUT2D eigenvalue weighted by molar-refractivity contribution is 0.328. The van der Waals surface area contributed by atoms with Crippen molar-refractivity contribution < 1.29 is 13.2 Å². The van der Waals surface area contributed by atoms with Crippen LogP contribution >= 0.6 is 0 Å². The number of rotatable bonds is 8. The summed E-state index contributed by atoms with van der Waals surface area (Å²) in [5, 5.41) is 6.25. The minimum atomic E-state index is -3.29. The number of nitrogens with zero attached hydrogens (tertiary/aromatic N) is 1. The van der Waals surface area contributed by atoms with Gasteiger partial charge in [0.25, 0.3) is 0 Å². The van der Waals surface area contributed by atoms with Crippen LogP contribution in [0.25, 0.3) is 0 Å². The molecule has 0 radical (unpaired) electrons. The molecule has 0 atom stereocenters. The summed E-state index contributed by atoms with van der Waals surface area (Å²) in [6.07, 6.45) is 1.11. The monoisotopic (exact) mass is 328 g/mol. The van der Waals surface area contributed by atoms with Gasteiger partial charge < -0.3 is 15.4 Å². The van der Waals surface area contributed by atoms with Crippen molar-refractivity contribution in [2.24, 2.45) is 4.99 Å². The fourth-order valence-corrected chi connectivity index (χ4v) is 2.25. The van der Waals surface area contributed by atoms with Crippen molar-refractivity contribution >= 4 is 21.7 Å². The van der Waals surface area contributed by atoms with Crippen LogP contribution in [0.3, 0.4) is 0 Å². The maximum Gasteiger partial charge on any atom is 0.229 e. The molecule has 7 nitrogen and oxygen atoms in total. The Bertz CT molecular complexity index is 580. The van der Waals surface area contributed by atoms with Gasteiger partial charge in [-0.3, -0.25) is 4.72 Å². The summed E-state index contributed by atoms with van der Waals surface area (Å²) in [5.41, 5.74) is 0.476. The molecule has 0 amide bonds. The van der Waals surface area contributed by atoms with Gasteiger partial charge in [0.05, 0.1) is 18.5 Å². The first-order valence-corrected chi connectivity index (χ1v) is 9.06. The SMILES string of the molecule is CCNC(=NCCOc1cccc(NS(C)(=O)=O)c1)NCC. The van der Waals surface area contributed by atoms with Crippen LogP contribution in [0.4, 0.5) is 5.69 Å². The van der Waals surface area contributed by atoms with E-state index in [1.165, 1.54) is 0 Å². The van der Waals surface area contributed by atoms with Crippen molar-refractivity contribution in [2.75, 3.05) is 37.2 Å². The van der Waals surface area contributed by atoms with E-state index < -0.39 is 10.0 Å². The number of nitrogens with one attached hydrogen (secondary N) is 3. The second-order valence-electron chi connectivity index (χ2n) is 4.54. The number of benzene rings is 1. The molecule has 0 heterocycles. The fraction of sp³-hybridized carbons (Fsp3) is 0.500. The van der Waals surface area contributed by atoms with Gasteiger partial charge >= 0.3 is 0 Å². The average Bonchev–Trinajstić information content (AvgIpc) is 2.42. The van der Waals surface area contributed by atoms with E-state index in [9.17, 15) is 8.42 Å². The predicted octanol–water partition coefficient (Wildman–Crippen LogP) is 1.01. The number of sulfonamides is 1. The maximum atomic E-state index is 11.2. The van der Waals surface area contributed by atoms with Gasteiger partial charge in [-0.05, 0) is 26.0 Å². The van der Waals surface area contributed by atoms with Gasteiger partial charge in [0.15, 0.2) is 5.96 Å². The highest BCUT2D eigenvalue weighted by atomic mass is 32.2. The average molecular weight is 328 g/mol. The molecule has 0 aliphatic rings. The first-order chi connectivity index (χ1) is 10.4. The Morgan fingerprint density at radius 1 is 1.23 bits per heavy atom. The second-order valence-corrected chi connectivity index (χ2v) is 6.29. The van der Waals surface area contributed by atoms with Crippen molar-refractivity contribution in [3.05, 3.63) is 24.3 Å².